The van der Waals surface area contributed by atoms with Crippen LogP contribution in [0.3, 0.4) is 0 Å². The smallest absolute Gasteiger partial charge is 0.258 e. The van der Waals surface area contributed by atoms with E-state index in [1.807, 2.05) is 39.0 Å². The molecule has 0 atom stereocenters. The Morgan fingerprint density at radius 3 is 2.32 bits per heavy atom. The molecule has 0 aliphatic heterocycles. The van der Waals surface area contributed by atoms with Crippen molar-refractivity contribution in [2.45, 2.75) is 26.3 Å². The molecule has 2 amide bonds. The summed E-state index contributed by atoms with van der Waals surface area (Å²) in [6.07, 6.45) is 0. The summed E-state index contributed by atoms with van der Waals surface area (Å²) in [6.45, 7) is 5.49. The van der Waals surface area contributed by atoms with Gasteiger partial charge in [-0.25, -0.2) is 0 Å². The number of amides is 2. The Kier molecular flexibility index (Phi) is 5.36. The predicted molar refractivity (Wildman–Crippen MR) is 72.8 cm³/mol. The van der Waals surface area contributed by atoms with Crippen LogP contribution in [0.1, 0.15) is 20.8 Å². The lowest BCUT2D eigenvalue weighted by molar-refractivity contribution is -0.127. The summed E-state index contributed by atoms with van der Waals surface area (Å²) in [4.78, 5) is 22.9. The van der Waals surface area contributed by atoms with Crippen molar-refractivity contribution < 1.29 is 14.3 Å². The number of rotatable bonds is 5. The highest BCUT2D eigenvalue weighted by Gasteiger charge is 2.14. The summed E-state index contributed by atoms with van der Waals surface area (Å²) in [5.74, 6) is 0.0743. The molecule has 0 aromatic heterocycles. The van der Waals surface area contributed by atoms with E-state index in [-0.39, 0.29) is 30.5 Å². The minimum Gasteiger partial charge on any atom is -0.484 e. The van der Waals surface area contributed by atoms with Gasteiger partial charge in [-0.1, -0.05) is 18.2 Å². The molecular weight excluding hydrogens is 244 g/mol. The van der Waals surface area contributed by atoms with Crippen LogP contribution < -0.4 is 15.4 Å². The van der Waals surface area contributed by atoms with Crippen LogP contribution in [0.2, 0.25) is 0 Å². The van der Waals surface area contributed by atoms with Crippen molar-refractivity contribution in [1.29, 1.82) is 0 Å². The minimum atomic E-state index is -0.326. The molecule has 0 aliphatic rings. The van der Waals surface area contributed by atoms with E-state index in [0.29, 0.717) is 5.75 Å². The fourth-order valence-corrected chi connectivity index (χ4v) is 1.36. The number of nitrogens with one attached hydrogen (secondary N) is 2. The molecule has 19 heavy (non-hydrogen) atoms. The molecule has 0 bridgehead atoms. The van der Waals surface area contributed by atoms with E-state index in [0.717, 1.165) is 0 Å². The first-order valence-electron chi connectivity index (χ1n) is 6.12. The zero-order valence-corrected chi connectivity index (χ0v) is 11.5. The molecule has 0 aliphatic carbocycles. The van der Waals surface area contributed by atoms with Gasteiger partial charge in [-0.05, 0) is 32.9 Å². The summed E-state index contributed by atoms with van der Waals surface area (Å²) in [6, 6.07) is 9.04. The molecular formula is C14H20N2O3. The molecule has 1 aromatic carbocycles. The molecule has 0 fully saturated rings. The van der Waals surface area contributed by atoms with Crippen LogP contribution in [0, 0.1) is 0 Å². The van der Waals surface area contributed by atoms with Crippen molar-refractivity contribution in [1.82, 2.24) is 10.6 Å². The van der Waals surface area contributed by atoms with Crippen LogP contribution in [0.15, 0.2) is 30.3 Å². The first kappa shape index (κ1) is 15.0. The Balaban J connectivity index is 2.23. The maximum Gasteiger partial charge on any atom is 0.258 e. The second-order valence-corrected chi connectivity index (χ2v) is 5.18. The van der Waals surface area contributed by atoms with Gasteiger partial charge < -0.3 is 15.4 Å². The number of ether oxygens (including phenoxy) is 1. The number of para-hydroxylation sites is 1. The van der Waals surface area contributed by atoms with Gasteiger partial charge in [0.2, 0.25) is 5.91 Å². The summed E-state index contributed by atoms with van der Waals surface area (Å²) in [5, 5.41) is 5.25. The lowest BCUT2D eigenvalue weighted by atomic mass is 10.1. The standard InChI is InChI=1S/C14H20N2O3/c1-14(2,3)16-12(17)9-15-13(18)10-19-11-7-5-4-6-8-11/h4-8H,9-10H2,1-3H3,(H,15,18)(H,16,17). The van der Waals surface area contributed by atoms with Crippen molar-refractivity contribution in [3.05, 3.63) is 30.3 Å². The molecule has 104 valence electrons. The molecule has 2 N–H and O–H groups in total. The van der Waals surface area contributed by atoms with E-state index in [1.165, 1.54) is 0 Å². The summed E-state index contributed by atoms with van der Waals surface area (Å²) >= 11 is 0. The molecule has 0 spiro atoms. The van der Waals surface area contributed by atoms with Gasteiger partial charge in [-0.2, -0.15) is 0 Å². The van der Waals surface area contributed by atoms with Crippen molar-refractivity contribution in [3.8, 4) is 5.75 Å². The van der Waals surface area contributed by atoms with Gasteiger partial charge >= 0.3 is 0 Å². The van der Waals surface area contributed by atoms with E-state index < -0.39 is 0 Å². The normalized spacial score (nSPS) is 10.7. The lowest BCUT2D eigenvalue weighted by Gasteiger charge is -2.20. The zero-order chi connectivity index (χ0) is 14.3. The number of benzene rings is 1. The molecule has 0 saturated heterocycles. The minimum absolute atomic E-state index is 0.0474. The Morgan fingerprint density at radius 2 is 1.74 bits per heavy atom. The number of carbonyl (C=O) groups is 2. The van der Waals surface area contributed by atoms with Crippen molar-refractivity contribution >= 4 is 11.8 Å². The average Bonchev–Trinajstić information content (AvgIpc) is 2.33. The summed E-state index contributed by atoms with van der Waals surface area (Å²) in [7, 11) is 0. The van der Waals surface area contributed by atoms with E-state index in [9.17, 15) is 9.59 Å². The predicted octanol–water partition coefficient (Wildman–Crippen LogP) is 1.10. The van der Waals surface area contributed by atoms with Crippen LogP contribution in [-0.2, 0) is 9.59 Å². The Hall–Kier alpha value is -2.04. The first-order valence-corrected chi connectivity index (χ1v) is 6.12. The SMILES string of the molecule is CC(C)(C)NC(=O)CNC(=O)COc1ccccc1. The number of hydrogen-bond acceptors (Lipinski definition) is 3. The molecule has 5 nitrogen and oxygen atoms in total. The molecule has 1 rings (SSSR count). The fraction of sp³-hybridized carbons (Fsp3) is 0.429. The van der Waals surface area contributed by atoms with Gasteiger partial charge in [0.1, 0.15) is 5.75 Å². The third kappa shape index (κ3) is 7.08. The van der Waals surface area contributed by atoms with Gasteiger partial charge in [0.15, 0.2) is 6.61 Å². The molecule has 0 radical (unpaired) electrons. The maximum atomic E-state index is 11.5. The Morgan fingerprint density at radius 1 is 1.11 bits per heavy atom. The van der Waals surface area contributed by atoms with Gasteiger partial charge in [0.05, 0.1) is 6.54 Å². The largest absolute Gasteiger partial charge is 0.484 e. The van der Waals surface area contributed by atoms with Crippen LogP contribution in [-0.4, -0.2) is 30.5 Å². The Labute approximate surface area is 113 Å². The van der Waals surface area contributed by atoms with Crippen LogP contribution in [0.25, 0.3) is 0 Å². The van der Waals surface area contributed by atoms with E-state index >= 15 is 0 Å². The highest BCUT2D eigenvalue weighted by molar-refractivity contribution is 5.85. The van der Waals surface area contributed by atoms with E-state index in [4.69, 9.17) is 4.74 Å². The Bertz CT molecular complexity index is 424. The number of carbonyl (C=O) groups excluding carboxylic acids is 2. The summed E-state index contributed by atoms with van der Waals surface area (Å²) < 4.78 is 5.26. The topological polar surface area (TPSA) is 67.4 Å². The first-order chi connectivity index (χ1) is 8.87. The van der Waals surface area contributed by atoms with Crippen molar-refractivity contribution in [2.75, 3.05) is 13.2 Å². The fourth-order valence-electron chi connectivity index (χ4n) is 1.36. The highest BCUT2D eigenvalue weighted by Crippen LogP contribution is 2.07. The molecule has 5 heteroatoms. The third-order valence-electron chi connectivity index (χ3n) is 2.07. The second-order valence-electron chi connectivity index (χ2n) is 5.18. The van der Waals surface area contributed by atoms with Crippen LogP contribution in [0.5, 0.6) is 5.75 Å². The van der Waals surface area contributed by atoms with Gasteiger partial charge in [-0.3, -0.25) is 9.59 Å². The second kappa shape index (κ2) is 6.78. The van der Waals surface area contributed by atoms with Crippen molar-refractivity contribution in [2.24, 2.45) is 0 Å². The summed E-state index contributed by atoms with van der Waals surface area (Å²) in [5.41, 5.74) is -0.303. The van der Waals surface area contributed by atoms with Gasteiger partial charge in [0.25, 0.3) is 5.91 Å². The lowest BCUT2D eigenvalue weighted by Crippen LogP contribution is -2.46. The zero-order valence-electron chi connectivity index (χ0n) is 11.5. The van der Waals surface area contributed by atoms with Gasteiger partial charge in [0, 0.05) is 5.54 Å². The number of hydrogen-bond donors (Lipinski definition) is 2. The van der Waals surface area contributed by atoms with E-state index in [1.54, 1.807) is 12.1 Å². The highest BCUT2D eigenvalue weighted by atomic mass is 16.5. The van der Waals surface area contributed by atoms with Gasteiger partial charge in [-0.15, -0.1) is 0 Å². The van der Waals surface area contributed by atoms with E-state index in [2.05, 4.69) is 10.6 Å². The third-order valence-corrected chi connectivity index (χ3v) is 2.07. The maximum absolute atomic E-state index is 11.5. The quantitative estimate of drug-likeness (QED) is 0.836. The molecule has 0 heterocycles. The molecule has 0 unspecified atom stereocenters. The molecule has 1 aromatic rings. The monoisotopic (exact) mass is 264 g/mol. The van der Waals surface area contributed by atoms with Crippen molar-refractivity contribution in [3.63, 3.8) is 0 Å². The van der Waals surface area contributed by atoms with Crippen LogP contribution in [0.4, 0.5) is 0 Å². The average molecular weight is 264 g/mol. The molecule has 0 saturated carbocycles. The van der Waals surface area contributed by atoms with Crippen LogP contribution >= 0.6 is 0 Å².